The van der Waals surface area contributed by atoms with E-state index < -0.39 is 60.2 Å². The van der Waals surface area contributed by atoms with Crippen LogP contribution in [0.15, 0.2) is 60.9 Å². The fourth-order valence-corrected chi connectivity index (χ4v) is 5.47. The Hall–Kier alpha value is -5.21. The number of aromatic amines is 2. The lowest BCUT2D eigenvalue weighted by atomic mass is 10.0. The van der Waals surface area contributed by atoms with Gasteiger partial charge >= 0.3 is 11.9 Å². The van der Waals surface area contributed by atoms with E-state index in [2.05, 4.69) is 25.9 Å². The van der Waals surface area contributed by atoms with Gasteiger partial charge in [0.05, 0.1) is 6.04 Å². The molecule has 0 saturated carbocycles. The Kier molecular flexibility index (Phi) is 12.1. The minimum atomic E-state index is -1.39. The first-order chi connectivity index (χ1) is 22.6. The van der Waals surface area contributed by atoms with Gasteiger partial charge in [-0.3, -0.25) is 19.2 Å². The zero-order chi connectivity index (χ0) is 33.9. The molecule has 0 fully saturated rings. The summed E-state index contributed by atoms with van der Waals surface area (Å²) in [6.07, 6.45) is 4.02. The van der Waals surface area contributed by atoms with Gasteiger partial charge in [0, 0.05) is 47.0 Å². The fraction of sp³-hybridized carbons (Fsp3) is 0.364. The maximum absolute atomic E-state index is 13.5. The number of carbonyl (C=O) groups is 5. The van der Waals surface area contributed by atoms with Crippen LogP contribution >= 0.6 is 0 Å². The molecule has 3 amide bonds. The molecule has 0 aliphatic rings. The van der Waals surface area contributed by atoms with Crippen molar-refractivity contribution >= 4 is 51.5 Å². The van der Waals surface area contributed by atoms with E-state index in [1.807, 2.05) is 48.5 Å². The van der Waals surface area contributed by atoms with Crippen LogP contribution in [0.3, 0.4) is 0 Å². The first kappa shape index (κ1) is 34.7. The van der Waals surface area contributed by atoms with Crippen molar-refractivity contribution in [1.82, 2.24) is 25.9 Å². The summed E-state index contributed by atoms with van der Waals surface area (Å²) in [5.41, 5.74) is 15.1. The Morgan fingerprint density at radius 1 is 0.681 bits per heavy atom. The van der Waals surface area contributed by atoms with Gasteiger partial charge in [-0.1, -0.05) is 36.4 Å². The fourth-order valence-electron chi connectivity index (χ4n) is 5.47. The van der Waals surface area contributed by atoms with Crippen molar-refractivity contribution in [2.75, 3.05) is 6.54 Å². The van der Waals surface area contributed by atoms with E-state index in [0.29, 0.717) is 24.9 Å². The molecule has 47 heavy (non-hydrogen) atoms. The molecule has 0 aliphatic heterocycles. The first-order valence-corrected chi connectivity index (χ1v) is 15.5. The number of rotatable bonds is 18. The highest BCUT2D eigenvalue weighted by Gasteiger charge is 2.31. The van der Waals surface area contributed by atoms with E-state index in [1.165, 1.54) is 0 Å². The summed E-state index contributed by atoms with van der Waals surface area (Å²) in [7, 11) is 0. The topological polar surface area (TPSA) is 246 Å². The molecule has 0 spiro atoms. The quantitative estimate of drug-likeness (QED) is 0.0705. The lowest BCUT2D eigenvalue weighted by molar-refractivity contribution is -0.143. The number of nitrogens with one attached hydrogen (secondary N) is 5. The average Bonchev–Trinajstić information content (AvgIpc) is 3.65. The number of para-hydroxylation sites is 2. The Balaban J connectivity index is 1.46. The van der Waals surface area contributed by atoms with Gasteiger partial charge in [-0.25, -0.2) is 4.79 Å². The maximum Gasteiger partial charge on any atom is 0.326 e. The summed E-state index contributed by atoms with van der Waals surface area (Å²) in [5, 5.41) is 28.6. The van der Waals surface area contributed by atoms with Gasteiger partial charge in [0.1, 0.15) is 18.1 Å². The molecule has 4 aromatic rings. The predicted octanol–water partition coefficient (Wildman–Crippen LogP) is 1.29. The van der Waals surface area contributed by atoms with Crippen molar-refractivity contribution in [1.29, 1.82) is 0 Å². The minimum absolute atomic E-state index is 0.0588. The smallest absolute Gasteiger partial charge is 0.326 e. The molecule has 4 atom stereocenters. The van der Waals surface area contributed by atoms with Crippen LogP contribution in [0.4, 0.5) is 0 Å². The van der Waals surface area contributed by atoms with Crippen molar-refractivity contribution < 1.29 is 34.2 Å². The molecule has 14 heteroatoms. The maximum atomic E-state index is 13.5. The number of hydrogen-bond acceptors (Lipinski definition) is 7. The van der Waals surface area contributed by atoms with Gasteiger partial charge in [0.15, 0.2) is 0 Å². The van der Waals surface area contributed by atoms with E-state index in [0.717, 1.165) is 27.4 Å². The molecular formula is C33H41N7O7. The van der Waals surface area contributed by atoms with Crippen LogP contribution < -0.4 is 27.4 Å². The van der Waals surface area contributed by atoms with E-state index >= 15 is 0 Å². The molecular weight excluding hydrogens is 606 g/mol. The van der Waals surface area contributed by atoms with Crippen molar-refractivity contribution in [2.45, 2.75) is 69.1 Å². The Bertz CT molecular complexity index is 1720. The zero-order valence-electron chi connectivity index (χ0n) is 25.8. The molecule has 14 nitrogen and oxygen atoms in total. The molecule has 250 valence electrons. The molecule has 0 saturated heterocycles. The highest BCUT2D eigenvalue weighted by Crippen LogP contribution is 2.20. The molecule has 2 aromatic heterocycles. The summed E-state index contributed by atoms with van der Waals surface area (Å²) in [6, 6.07) is 10.0. The SMILES string of the molecule is NCCCCC(NC(=O)C(N)Cc1c[nH]c2ccccc12)C(=O)NC(CCC(=O)O)C(=O)NC(Cc1c[nH]c2ccccc12)C(=O)O. The Morgan fingerprint density at radius 2 is 1.19 bits per heavy atom. The van der Waals surface area contributed by atoms with Crippen molar-refractivity contribution in [3.8, 4) is 0 Å². The molecule has 0 bridgehead atoms. The predicted molar refractivity (Wildman–Crippen MR) is 175 cm³/mol. The number of H-pyrrole nitrogens is 2. The van der Waals surface area contributed by atoms with Crippen molar-refractivity contribution in [3.05, 3.63) is 72.1 Å². The number of carboxylic acid groups (broad SMARTS) is 2. The lowest BCUT2D eigenvalue weighted by Crippen LogP contribution is -2.57. The van der Waals surface area contributed by atoms with Crippen LogP contribution in [0.2, 0.25) is 0 Å². The normalized spacial score (nSPS) is 13.8. The van der Waals surface area contributed by atoms with Crippen LogP contribution in [0, 0.1) is 0 Å². The number of hydrogen-bond donors (Lipinski definition) is 9. The largest absolute Gasteiger partial charge is 0.481 e. The van der Waals surface area contributed by atoms with Crippen LogP contribution in [-0.2, 0) is 36.8 Å². The Morgan fingerprint density at radius 3 is 1.74 bits per heavy atom. The standard InChI is InChI=1S/C33H41N7O7/c34-14-6-5-11-26(38-30(43)23(35)15-19-17-36-24-9-3-1-7-21(19)24)31(44)39-27(12-13-29(41)42)32(45)40-28(33(46)47)16-20-18-37-25-10-4-2-8-22(20)25/h1-4,7-10,17-18,23,26-28,36-37H,5-6,11-16,34-35H2,(H,38,43)(H,39,44)(H,40,45)(H,41,42)(H,46,47). The summed E-state index contributed by atoms with van der Waals surface area (Å²) in [6.45, 7) is 0.360. The average molecular weight is 648 g/mol. The highest BCUT2D eigenvalue weighted by molar-refractivity contribution is 5.95. The molecule has 11 N–H and O–H groups in total. The third-order valence-corrected chi connectivity index (χ3v) is 8.02. The first-order valence-electron chi connectivity index (χ1n) is 15.5. The minimum Gasteiger partial charge on any atom is -0.481 e. The second kappa shape index (κ2) is 16.4. The van der Waals surface area contributed by atoms with E-state index in [4.69, 9.17) is 11.5 Å². The number of nitrogens with two attached hydrogens (primary N) is 2. The number of carboxylic acids is 2. The van der Waals surface area contributed by atoms with E-state index in [1.54, 1.807) is 12.4 Å². The zero-order valence-corrected chi connectivity index (χ0v) is 25.8. The van der Waals surface area contributed by atoms with Gasteiger partial charge in [-0.15, -0.1) is 0 Å². The van der Waals surface area contributed by atoms with Gasteiger partial charge in [-0.05, 0) is 61.9 Å². The third-order valence-electron chi connectivity index (χ3n) is 8.02. The summed E-state index contributed by atoms with van der Waals surface area (Å²) >= 11 is 0. The summed E-state index contributed by atoms with van der Waals surface area (Å²) in [5.74, 6) is -4.69. The molecule has 2 aromatic carbocycles. The number of unbranched alkanes of at least 4 members (excludes halogenated alkanes) is 1. The summed E-state index contributed by atoms with van der Waals surface area (Å²) < 4.78 is 0. The van der Waals surface area contributed by atoms with Crippen molar-refractivity contribution in [2.24, 2.45) is 11.5 Å². The van der Waals surface area contributed by atoms with Crippen LogP contribution in [-0.4, -0.2) is 80.6 Å². The lowest BCUT2D eigenvalue weighted by Gasteiger charge is -2.25. The van der Waals surface area contributed by atoms with Gasteiger partial charge in [0.25, 0.3) is 0 Å². The second-order valence-electron chi connectivity index (χ2n) is 11.5. The van der Waals surface area contributed by atoms with Gasteiger partial charge < -0.3 is 47.6 Å². The molecule has 0 aliphatic carbocycles. The number of aromatic nitrogens is 2. The van der Waals surface area contributed by atoms with Crippen LogP contribution in [0.5, 0.6) is 0 Å². The van der Waals surface area contributed by atoms with Crippen molar-refractivity contribution in [3.63, 3.8) is 0 Å². The van der Waals surface area contributed by atoms with Gasteiger partial charge in [-0.2, -0.15) is 0 Å². The second-order valence-corrected chi connectivity index (χ2v) is 11.5. The number of amides is 3. The van der Waals surface area contributed by atoms with E-state index in [-0.39, 0.29) is 25.7 Å². The number of carbonyl (C=O) groups excluding carboxylic acids is 3. The summed E-state index contributed by atoms with van der Waals surface area (Å²) in [4.78, 5) is 69.8. The highest BCUT2D eigenvalue weighted by atomic mass is 16.4. The Labute approximate surface area is 270 Å². The van der Waals surface area contributed by atoms with Gasteiger partial charge in [0.2, 0.25) is 17.7 Å². The molecule has 4 unspecified atom stereocenters. The molecule has 4 rings (SSSR count). The van der Waals surface area contributed by atoms with Crippen LogP contribution in [0.25, 0.3) is 21.8 Å². The monoisotopic (exact) mass is 647 g/mol. The van der Waals surface area contributed by atoms with Crippen LogP contribution in [0.1, 0.15) is 43.2 Å². The number of benzene rings is 2. The number of fused-ring (bicyclic) bond motifs is 2. The van der Waals surface area contributed by atoms with E-state index in [9.17, 15) is 34.2 Å². The molecule has 2 heterocycles. The number of aliphatic carboxylic acids is 2. The third kappa shape index (κ3) is 9.40. The molecule has 0 radical (unpaired) electrons.